The van der Waals surface area contributed by atoms with Gasteiger partial charge in [0.1, 0.15) is 5.52 Å². The van der Waals surface area contributed by atoms with E-state index in [2.05, 4.69) is 35.7 Å². The van der Waals surface area contributed by atoms with E-state index in [4.69, 9.17) is 10.5 Å². The molecule has 0 bridgehead atoms. The first kappa shape index (κ1) is 17.3. The third kappa shape index (κ3) is 4.46. The molecule has 0 unspecified atom stereocenters. The fraction of sp³-hybridized carbons (Fsp3) is 0.688. The van der Waals surface area contributed by atoms with Gasteiger partial charge in [0.05, 0.1) is 6.61 Å². The lowest BCUT2D eigenvalue weighted by Gasteiger charge is -2.07. The van der Waals surface area contributed by atoms with Crippen molar-refractivity contribution in [2.24, 2.45) is 5.92 Å². The Kier molecular flexibility index (Phi) is 6.01. The second-order valence-electron chi connectivity index (χ2n) is 6.26. The van der Waals surface area contributed by atoms with Crippen molar-refractivity contribution in [2.45, 2.75) is 59.4 Å². The van der Waals surface area contributed by atoms with Crippen molar-refractivity contribution in [1.29, 1.82) is 0 Å². The van der Waals surface area contributed by atoms with Gasteiger partial charge in [0.2, 0.25) is 0 Å². The van der Waals surface area contributed by atoms with E-state index >= 15 is 0 Å². The van der Waals surface area contributed by atoms with Gasteiger partial charge in [-0.05, 0) is 18.8 Å². The second kappa shape index (κ2) is 7.99. The molecule has 2 aromatic heterocycles. The van der Waals surface area contributed by atoms with Crippen LogP contribution < -0.4 is 16.2 Å². The Morgan fingerprint density at radius 3 is 2.74 bits per heavy atom. The lowest BCUT2D eigenvalue weighted by atomic mass is 10.1. The van der Waals surface area contributed by atoms with Crippen LogP contribution in [0.5, 0.6) is 6.01 Å². The molecule has 7 nitrogen and oxygen atoms in total. The zero-order chi connectivity index (χ0) is 16.8. The Labute approximate surface area is 136 Å². The van der Waals surface area contributed by atoms with Crippen LogP contribution in [0.15, 0.2) is 4.79 Å². The van der Waals surface area contributed by atoms with Crippen molar-refractivity contribution in [1.82, 2.24) is 19.5 Å². The fourth-order valence-electron chi connectivity index (χ4n) is 2.43. The summed E-state index contributed by atoms with van der Waals surface area (Å²) >= 11 is 0. The summed E-state index contributed by atoms with van der Waals surface area (Å²) in [6.45, 7) is 7.65. The van der Waals surface area contributed by atoms with E-state index in [9.17, 15) is 4.79 Å². The van der Waals surface area contributed by atoms with Crippen LogP contribution in [-0.2, 0) is 6.54 Å². The molecule has 2 heterocycles. The maximum atomic E-state index is 12.1. The highest BCUT2D eigenvalue weighted by molar-refractivity contribution is 5.81. The zero-order valence-corrected chi connectivity index (χ0v) is 14.3. The van der Waals surface area contributed by atoms with Crippen LogP contribution in [0, 0.1) is 5.92 Å². The summed E-state index contributed by atoms with van der Waals surface area (Å²) in [7, 11) is 0. The molecule has 0 atom stereocenters. The van der Waals surface area contributed by atoms with Gasteiger partial charge < -0.3 is 15.5 Å². The number of hydrogen-bond donors (Lipinski definition) is 2. The monoisotopic (exact) mass is 321 g/mol. The molecule has 23 heavy (non-hydrogen) atoms. The maximum Gasteiger partial charge on any atom is 0.327 e. The number of rotatable bonds is 9. The van der Waals surface area contributed by atoms with Gasteiger partial charge in [-0.15, -0.1) is 0 Å². The van der Waals surface area contributed by atoms with E-state index in [1.165, 1.54) is 0 Å². The van der Waals surface area contributed by atoms with Crippen molar-refractivity contribution in [2.75, 3.05) is 12.3 Å². The average molecular weight is 321 g/mol. The number of nitrogens with zero attached hydrogens (tertiary/aromatic N) is 3. The van der Waals surface area contributed by atoms with E-state index in [-0.39, 0.29) is 17.5 Å². The number of nitrogens with two attached hydrogens (primary N) is 1. The first-order valence-electron chi connectivity index (χ1n) is 8.41. The Morgan fingerprint density at radius 1 is 1.26 bits per heavy atom. The van der Waals surface area contributed by atoms with E-state index in [0.29, 0.717) is 30.2 Å². The number of hydrogen-bond acceptors (Lipinski definition) is 5. The number of imidazole rings is 1. The third-order valence-corrected chi connectivity index (χ3v) is 3.77. The summed E-state index contributed by atoms with van der Waals surface area (Å²) in [5, 5.41) is 0. The molecule has 0 aromatic carbocycles. The molecule has 0 fully saturated rings. The van der Waals surface area contributed by atoms with Gasteiger partial charge in [-0.2, -0.15) is 9.97 Å². The summed E-state index contributed by atoms with van der Waals surface area (Å²) in [5.41, 5.74) is 6.74. The number of aryl methyl sites for hydroxylation is 1. The number of nitrogens with one attached hydrogen (secondary N) is 1. The fourth-order valence-corrected chi connectivity index (χ4v) is 2.43. The summed E-state index contributed by atoms with van der Waals surface area (Å²) < 4.78 is 7.15. The molecule has 128 valence electrons. The summed E-state index contributed by atoms with van der Waals surface area (Å²) in [6, 6.07) is 0.235. The number of aromatic nitrogens is 4. The van der Waals surface area contributed by atoms with Crippen molar-refractivity contribution in [3.63, 3.8) is 0 Å². The largest absolute Gasteiger partial charge is 0.463 e. The van der Waals surface area contributed by atoms with Crippen molar-refractivity contribution < 1.29 is 4.74 Å². The van der Waals surface area contributed by atoms with Gasteiger partial charge in [-0.3, -0.25) is 4.57 Å². The lowest BCUT2D eigenvalue weighted by molar-refractivity contribution is 0.286. The molecule has 7 heteroatoms. The minimum atomic E-state index is -0.198. The van der Waals surface area contributed by atoms with Crippen molar-refractivity contribution in [3.8, 4) is 6.01 Å². The minimum Gasteiger partial charge on any atom is -0.463 e. The van der Waals surface area contributed by atoms with Gasteiger partial charge in [0, 0.05) is 6.54 Å². The number of anilines is 1. The summed E-state index contributed by atoms with van der Waals surface area (Å²) in [4.78, 5) is 23.3. The molecular formula is C16H27N5O2. The normalized spacial score (nSPS) is 11.5. The maximum absolute atomic E-state index is 12.1. The van der Waals surface area contributed by atoms with Crippen LogP contribution in [0.3, 0.4) is 0 Å². The van der Waals surface area contributed by atoms with E-state index in [0.717, 1.165) is 32.1 Å². The quantitative estimate of drug-likeness (QED) is 0.692. The van der Waals surface area contributed by atoms with E-state index in [1.54, 1.807) is 4.57 Å². The van der Waals surface area contributed by atoms with Crippen LogP contribution >= 0.6 is 0 Å². The standard InChI is InChI=1S/C16H27N5O2/c1-4-5-10-23-15-19-13(17)12-14(20-15)21(16(22)18-12)9-7-6-8-11(2)3/h11H,4-10H2,1-3H3,(H,18,22)(H2,17,19,20). The van der Waals surface area contributed by atoms with Gasteiger partial charge in [0.15, 0.2) is 11.5 Å². The Balaban J connectivity index is 2.18. The number of H-pyrrole nitrogens is 1. The molecule has 0 radical (unpaired) electrons. The smallest absolute Gasteiger partial charge is 0.327 e. The predicted molar refractivity (Wildman–Crippen MR) is 91.7 cm³/mol. The topological polar surface area (TPSA) is 98.8 Å². The van der Waals surface area contributed by atoms with Crippen molar-refractivity contribution in [3.05, 3.63) is 10.5 Å². The first-order valence-corrected chi connectivity index (χ1v) is 8.41. The molecule has 0 amide bonds. The Hall–Kier alpha value is -2.05. The van der Waals surface area contributed by atoms with Gasteiger partial charge in [0.25, 0.3) is 0 Å². The average Bonchev–Trinajstić information content (AvgIpc) is 2.81. The van der Waals surface area contributed by atoms with Crippen LogP contribution in [-0.4, -0.2) is 26.1 Å². The molecule has 0 saturated heterocycles. The van der Waals surface area contributed by atoms with E-state index < -0.39 is 0 Å². The highest BCUT2D eigenvalue weighted by Crippen LogP contribution is 2.18. The highest BCUT2D eigenvalue weighted by atomic mass is 16.5. The van der Waals surface area contributed by atoms with Crippen LogP contribution in [0.2, 0.25) is 0 Å². The number of unbranched alkanes of at least 4 members (excludes halogenated alkanes) is 2. The molecule has 0 aliphatic carbocycles. The number of aromatic amines is 1. The molecule has 2 aromatic rings. The van der Waals surface area contributed by atoms with Crippen LogP contribution in [0.4, 0.5) is 5.82 Å². The highest BCUT2D eigenvalue weighted by Gasteiger charge is 2.14. The van der Waals surface area contributed by atoms with Gasteiger partial charge in [-0.25, -0.2) is 4.79 Å². The van der Waals surface area contributed by atoms with E-state index in [1.807, 2.05) is 0 Å². The Bertz CT molecular complexity index is 690. The molecule has 0 saturated carbocycles. The molecular weight excluding hydrogens is 294 g/mol. The van der Waals surface area contributed by atoms with Crippen LogP contribution in [0.25, 0.3) is 11.2 Å². The van der Waals surface area contributed by atoms with Crippen LogP contribution in [0.1, 0.15) is 52.9 Å². The molecule has 2 rings (SSSR count). The number of fused-ring (bicyclic) bond motifs is 1. The Morgan fingerprint density at radius 2 is 2.04 bits per heavy atom. The van der Waals surface area contributed by atoms with Crippen molar-refractivity contribution >= 4 is 17.0 Å². The first-order chi connectivity index (χ1) is 11.0. The molecule has 3 N–H and O–H groups in total. The number of nitrogen functional groups attached to an aromatic ring is 1. The molecule has 0 spiro atoms. The molecule has 0 aliphatic heterocycles. The number of ether oxygens (including phenoxy) is 1. The molecule has 0 aliphatic rings. The SMILES string of the molecule is CCCCOc1nc(N)c2[nH]c(=O)n(CCCCC(C)C)c2n1. The predicted octanol–water partition coefficient (Wildman–Crippen LogP) is 2.71. The third-order valence-electron chi connectivity index (χ3n) is 3.77. The lowest BCUT2D eigenvalue weighted by Crippen LogP contribution is -2.17. The summed E-state index contributed by atoms with van der Waals surface area (Å²) in [5.74, 6) is 0.922. The minimum absolute atomic E-state index is 0.198. The zero-order valence-electron chi connectivity index (χ0n) is 14.3. The second-order valence-corrected chi connectivity index (χ2v) is 6.26. The summed E-state index contributed by atoms with van der Waals surface area (Å²) in [6.07, 6.45) is 5.12. The van der Waals surface area contributed by atoms with Gasteiger partial charge >= 0.3 is 11.7 Å². The van der Waals surface area contributed by atoms with Gasteiger partial charge in [-0.1, -0.05) is 40.0 Å².